The fourth-order valence-corrected chi connectivity index (χ4v) is 1.68. The minimum atomic E-state index is -0.195. The Morgan fingerprint density at radius 3 is 2.35 bits per heavy atom. The molecule has 2 aromatic rings. The third-order valence-electron chi connectivity index (χ3n) is 2.56. The van der Waals surface area contributed by atoms with Gasteiger partial charge in [-0.25, -0.2) is 0 Å². The van der Waals surface area contributed by atoms with Crippen molar-refractivity contribution in [3.05, 3.63) is 54.6 Å². The van der Waals surface area contributed by atoms with Crippen molar-refractivity contribution < 1.29 is 9.84 Å². The van der Waals surface area contributed by atoms with Gasteiger partial charge >= 0.3 is 0 Å². The van der Waals surface area contributed by atoms with Crippen LogP contribution in [-0.4, -0.2) is 17.8 Å². The monoisotopic (exact) mass is 228 g/mol. The average molecular weight is 228 g/mol. The maximum atomic E-state index is 9.03. The molecule has 1 N–H and O–H groups in total. The van der Waals surface area contributed by atoms with Gasteiger partial charge in [0, 0.05) is 5.56 Å². The fraction of sp³-hybridized carbons (Fsp3) is 0.200. The Balaban J connectivity index is 2.34. The van der Waals surface area contributed by atoms with Gasteiger partial charge in [0.15, 0.2) is 0 Å². The van der Waals surface area contributed by atoms with Gasteiger partial charge in [0.05, 0.1) is 6.61 Å². The minimum absolute atomic E-state index is 0.0170. The van der Waals surface area contributed by atoms with Crippen LogP contribution in [0.4, 0.5) is 0 Å². The first-order chi connectivity index (χ1) is 8.31. The fourth-order valence-electron chi connectivity index (χ4n) is 1.68. The molecule has 2 heteroatoms. The van der Waals surface area contributed by atoms with Crippen molar-refractivity contribution in [3.63, 3.8) is 0 Å². The maximum Gasteiger partial charge on any atom is 0.127 e. The Bertz CT molecular complexity index is 465. The van der Waals surface area contributed by atoms with Gasteiger partial charge in [0.1, 0.15) is 11.9 Å². The van der Waals surface area contributed by atoms with E-state index in [0.717, 1.165) is 16.9 Å². The number of hydrogen-bond donors (Lipinski definition) is 1. The summed E-state index contributed by atoms with van der Waals surface area (Å²) in [5.41, 5.74) is 2.17. The molecule has 0 aliphatic carbocycles. The number of rotatable bonds is 4. The normalized spacial score (nSPS) is 12.1. The predicted molar refractivity (Wildman–Crippen MR) is 69.1 cm³/mol. The van der Waals surface area contributed by atoms with Crippen molar-refractivity contribution in [2.24, 2.45) is 0 Å². The zero-order chi connectivity index (χ0) is 12.1. The zero-order valence-electron chi connectivity index (χ0n) is 9.84. The Labute approximate surface area is 101 Å². The summed E-state index contributed by atoms with van der Waals surface area (Å²) in [4.78, 5) is 0. The van der Waals surface area contributed by atoms with E-state index in [1.165, 1.54) is 0 Å². The van der Waals surface area contributed by atoms with E-state index in [2.05, 4.69) is 0 Å². The van der Waals surface area contributed by atoms with Gasteiger partial charge in [-0.1, -0.05) is 48.5 Å². The molecule has 88 valence electrons. The van der Waals surface area contributed by atoms with Gasteiger partial charge < -0.3 is 9.84 Å². The molecule has 1 atom stereocenters. The van der Waals surface area contributed by atoms with Gasteiger partial charge in [0.25, 0.3) is 0 Å². The first-order valence-corrected chi connectivity index (χ1v) is 5.73. The molecule has 0 aromatic heterocycles. The number of para-hydroxylation sites is 1. The Kier molecular flexibility index (Phi) is 3.78. The first-order valence-electron chi connectivity index (χ1n) is 5.73. The summed E-state index contributed by atoms with van der Waals surface area (Å²) in [5.74, 6) is 0.806. The molecule has 1 unspecified atom stereocenters. The van der Waals surface area contributed by atoms with Crippen molar-refractivity contribution in [2.75, 3.05) is 6.61 Å². The quantitative estimate of drug-likeness (QED) is 0.871. The van der Waals surface area contributed by atoms with Crippen LogP contribution in [0.5, 0.6) is 5.75 Å². The molecular formula is C15H16O2. The smallest absolute Gasteiger partial charge is 0.127 e. The molecule has 17 heavy (non-hydrogen) atoms. The summed E-state index contributed by atoms with van der Waals surface area (Å²) in [6.07, 6.45) is -0.195. The Morgan fingerprint density at radius 1 is 1.00 bits per heavy atom. The van der Waals surface area contributed by atoms with E-state index in [1.54, 1.807) is 0 Å². The molecule has 2 nitrogen and oxygen atoms in total. The van der Waals surface area contributed by atoms with E-state index in [4.69, 9.17) is 9.84 Å². The number of hydrogen-bond acceptors (Lipinski definition) is 2. The highest BCUT2D eigenvalue weighted by Gasteiger charge is 2.08. The van der Waals surface area contributed by atoms with E-state index in [1.807, 2.05) is 61.5 Å². The lowest BCUT2D eigenvalue weighted by Gasteiger charge is -2.15. The van der Waals surface area contributed by atoms with Crippen molar-refractivity contribution in [3.8, 4) is 16.9 Å². The molecule has 0 radical (unpaired) electrons. The van der Waals surface area contributed by atoms with E-state index < -0.39 is 0 Å². The third kappa shape index (κ3) is 2.86. The van der Waals surface area contributed by atoms with Crippen LogP contribution in [-0.2, 0) is 0 Å². The summed E-state index contributed by atoms with van der Waals surface area (Å²) >= 11 is 0. The number of benzene rings is 2. The second-order valence-electron chi connectivity index (χ2n) is 3.97. The second kappa shape index (κ2) is 5.51. The van der Waals surface area contributed by atoms with Gasteiger partial charge in [-0.2, -0.15) is 0 Å². The maximum absolute atomic E-state index is 9.03. The lowest BCUT2D eigenvalue weighted by molar-refractivity contribution is 0.130. The molecule has 0 aliphatic heterocycles. The summed E-state index contributed by atoms with van der Waals surface area (Å²) < 4.78 is 5.70. The molecule has 0 bridgehead atoms. The van der Waals surface area contributed by atoms with Crippen molar-refractivity contribution in [1.82, 2.24) is 0 Å². The van der Waals surface area contributed by atoms with Crippen LogP contribution in [0.3, 0.4) is 0 Å². The highest BCUT2D eigenvalue weighted by Crippen LogP contribution is 2.30. The number of aliphatic hydroxyl groups is 1. The molecule has 0 amide bonds. The van der Waals surface area contributed by atoms with Gasteiger partial charge in [0.2, 0.25) is 0 Å². The Morgan fingerprint density at radius 2 is 1.65 bits per heavy atom. The summed E-state index contributed by atoms with van der Waals surface area (Å²) in [7, 11) is 0. The summed E-state index contributed by atoms with van der Waals surface area (Å²) in [6, 6.07) is 18.0. The zero-order valence-corrected chi connectivity index (χ0v) is 9.84. The largest absolute Gasteiger partial charge is 0.488 e. The Hall–Kier alpha value is -1.80. The number of ether oxygens (including phenoxy) is 1. The SMILES string of the molecule is CC(CO)Oc1ccccc1-c1ccccc1. The summed E-state index contributed by atoms with van der Waals surface area (Å²) in [5, 5.41) is 9.03. The molecule has 0 aliphatic rings. The lowest BCUT2D eigenvalue weighted by Crippen LogP contribution is -2.16. The topological polar surface area (TPSA) is 29.5 Å². The predicted octanol–water partition coefficient (Wildman–Crippen LogP) is 3.11. The van der Waals surface area contributed by atoms with Gasteiger partial charge in [-0.05, 0) is 18.6 Å². The standard InChI is InChI=1S/C15H16O2/c1-12(11-16)17-15-10-6-5-9-14(15)13-7-3-2-4-8-13/h2-10,12,16H,11H2,1H3. The average Bonchev–Trinajstić information content (AvgIpc) is 2.40. The van der Waals surface area contributed by atoms with Crippen LogP contribution in [0, 0.1) is 0 Å². The van der Waals surface area contributed by atoms with Gasteiger partial charge in [-0.3, -0.25) is 0 Å². The molecular weight excluding hydrogens is 212 g/mol. The van der Waals surface area contributed by atoms with Gasteiger partial charge in [-0.15, -0.1) is 0 Å². The first kappa shape index (κ1) is 11.7. The highest BCUT2D eigenvalue weighted by molar-refractivity contribution is 5.70. The third-order valence-corrected chi connectivity index (χ3v) is 2.56. The van der Waals surface area contributed by atoms with E-state index in [0.29, 0.717) is 0 Å². The van der Waals surface area contributed by atoms with E-state index >= 15 is 0 Å². The highest BCUT2D eigenvalue weighted by atomic mass is 16.5. The van der Waals surface area contributed by atoms with Crippen LogP contribution in [0.1, 0.15) is 6.92 Å². The molecule has 2 rings (SSSR count). The van der Waals surface area contributed by atoms with Crippen molar-refractivity contribution >= 4 is 0 Å². The van der Waals surface area contributed by atoms with E-state index in [-0.39, 0.29) is 12.7 Å². The van der Waals surface area contributed by atoms with Crippen LogP contribution in [0.25, 0.3) is 11.1 Å². The molecule has 0 fully saturated rings. The summed E-state index contributed by atoms with van der Waals surface area (Å²) in [6.45, 7) is 1.87. The van der Waals surface area contributed by atoms with Crippen molar-refractivity contribution in [2.45, 2.75) is 13.0 Å². The van der Waals surface area contributed by atoms with E-state index in [9.17, 15) is 0 Å². The minimum Gasteiger partial charge on any atom is -0.488 e. The number of aliphatic hydroxyl groups excluding tert-OH is 1. The lowest BCUT2D eigenvalue weighted by atomic mass is 10.0. The molecule has 2 aromatic carbocycles. The van der Waals surface area contributed by atoms with Crippen LogP contribution in [0.15, 0.2) is 54.6 Å². The van der Waals surface area contributed by atoms with Crippen molar-refractivity contribution in [1.29, 1.82) is 0 Å². The molecule has 0 heterocycles. The van der Waals surface area contributed by atoms with Crippen LogP contribution >= 0.6 is 0 Å². The molecule has 0 saturated heterocycles. The second-order valence-corrected chi connectivity index (χ2v) is 3.97. The molecule has 0 saturated carbocycles. The molecule has 0 spiro atoms. The van der Waals surface area contributed by atoms with Crippen LogP contribution in [0.2, 0.25) is 0 Å². The van der Waals surface area contributed by atoms with Crippen LogP contribution < -0.4 is 4.74 Å².